The summed E-state index contributed by atoms with van der Waals surface area (Å²) in [5, 5.41) is 3.01. The first kappa shape index (κ1) is 13.3. The quantitative estimate of drug-likeness (QED) is 0.690. The molecular formula is C15H13ClN2O. The van der Waals surface area contributed by atoms with E-state index in [1.54, 1.807) is 25.4 Å². The first-order valence-corrected chi connectivity index (χ1v) is 6.19. The van der Waals surface area contributed by atoms with Gasteiger partial charge in [0.1, 0.15) is 5.15 Å². The molecule has 1 aromatic carbocycles. The number of benzene rings is 1. The van der Waals surface area contributed by atoms with Crippen LogP contribution in [0.5, 0.6) is 0 Å². The molecule has 0 saturated heterocycles. The third kappa shape index (κ3) is 3.42. The second kappa shape index (κ2) is 6.16. The third-order valence-corrected chi connectivity index (χ3v) is 2.87. The molecule has 3 nitrogen and oxygen atoms in total. The van der Waals surface area contributed by atoms with E-state index in [1.807, 2.05) is 36.4 Å². The Labute approximate surface area is 116 Å². The van der Waals surface area contributed by atoms with Gasteiger partial charge in [-0.25, -0.2) is 4.98 Å². The summed E-state index contributed by atoms with van der Waals surface area (Å²) in [6.07, 6.45) is 3.21. The van der Waals surface area contributed by atoms with Crippen molar-refractivity contribution >= 4 is 23.1 Å². The summed E-state index contributed by atoms with van der Waals surface area (Å²) >= 11 is 5.79. The normalized spacial score (nSPS) is 11.2. The summed E-state index contributed by atoms with van der Waals surface area (Å²) < 4.78 is 0. The molecule has 4 heteroatoms. The van der Waals surface area contributed by atoms with Crippen LogP contribution in [-0.2, 0) is 4.79 Å². The zero-order valence-electron chi connectivity index (χ0n) is 10.4. The molecule has 0 unspecified atom stereocenters. The molecule has 1 amide bonds. The van der Waals surface area contributed by atoms with Gasteiger partial charge in [0.15, 0.2) is 0 Å². The SMILES string of the molecule is CNC(=O)C=C(c1ccccc1)c1ccc(Cl)nc1. The summed E-state index contributed by atoms with van der Waals surface area (Å²) in [6.45, 7) is 0. The van der Waals surface area contributed by atoms with Gasteiger partial charge < -0.3 is 5.32 Å². The van der Waals surface area contributed by atoms with Crippen molar-refractivity contribution in [1.82, 2.24) is 10.3 Å². The summed E-state index contributed by atoms with van der Waals surface area (Å²) in [7, 11) is 1.60. The molecule has 0 atom stereocenters. The highest BCUT2D eigenvalue weighted by molar-refractivity contribution is 6.29. The van der Waals surface area contributed by atoms with Crippen LogP contribution >= 0.6 is 11.6 Å². The van der Waals surface area contributed by atoms with E-state index in [0.717, 1.165) is 16.7 Å². The van der Waals surface area contributed by atoms with Crippen molar-refractivity contribution < 1.29 is 4.79 Å². The van der Waals surface area contributed by atoms with Crippen LogP contribution in [0.3, 0.4) is 0 Å². The van der Waals surface area contributed by atoms with Crippen molar-refractivity contribution in [2.45, 2.75) is 0 Å². The van der Waals surface area contributed by atoms with Gasteiger partial charge >= 0.3 is 0 Å². The number of amides is 1. The smallest absolute Gasteiger partial charge is 0.244 e. The molecule has 0 bridgehead atoms. The van der Waals surface area contributed by atoms with Crippen LogP contribution in [-0.4, -0.2) is 17.9 Å². The van der Waals surface area contributed by atoms with Crippen molar-refractivity contribution in [3.05, 3.63) is 71.0 Å². The van der Waals surface area contributed by atoms with Crippen molar-refractivity contribution in [3.63, 3.8) is 0 Å². The van der Waals surface area contributed by atoms with Crippen LogP contribution in [0.15, 0.2) is 54.7 Å². The molecule has 2 rings (SSSR count). The topological polar surface area (TPSA) is 42.0 Å². The lowest BCUT2D eigenvalue weighted by Crippen LogP contribution is -2.15. The fourth-order valence-corrected chi connectivity index (χ4v) is 1.80. The molecule has 0 aliphatic carbocycles. The Morgan fingerprint density at radius 3 is 2.47 bits per heavy atom. The molecule has 0 aliphatic rings. The second-order valence-corrected chi connectivity index (χ2v) is 4.30. The first-order valence-electron chi connectivity index (χ1n) is 5.81. The number of carbonyl (C=O) groups is 1. The predicted molar refractivity (Wildman–Crippen MR) is 76.8 cm³/mol. The molecule has 1 heterocycles. The summed E-state index contributed by atoms with van der Waals surface area (Å²) in [6, 6.07) is 13.2. The van der Waals surface area contributed by atoms with Gasteiger partial charge in [-0.05, 0) is 23.3 Å². The lowest BCUT2D eigenvalue weighted by Gasteiger charge is -2.08. The van der Waals surface area contributed by atoms with Gasteiger partial charge in [-0.1, -0.05) is 41.9 Å². The number of hydrogen-bond acceptors (Lipinski definition) is 2. The van der Waals surface area contributed by atoms with Gasteiger partial charge in [-0.3, -0.25) is 4.79 Å². The van der Waals surface area contributed by atoms with Gasteiger partial charge in [-0.15, -0.1) is 0 Å². The Bertz CT molecular complexity index is 591. The van der Waals surface area contributed by atoms with E-state index in [2.05, 4.69) is 10.3 Å². The van der Waals surface area contributed by atoms with E-state index in [1.165, 1.54) is 0 Å². The Morgan fingerprint density at radius 1 is 1.16 bits per heavy atom. The number of halogens is 1. The Balaban J connectivity index is 2.49. The number of rotatable bonds is 3. The van der Waals surface area contributed by atoms with Gasteiger partial charge in [0, 0.05) is 24.9 Å². The molecule has 19 heavy (non-hydrogen) atoms. The monoisotopic (exact) mass is 272 g/mol. The van der Waals surface area contributed by atoms with Crippen molar-refractivity contribution in [1.29, 1.82) is 0 Å². The fraction of sp³-hybridized carbons (Fsp3) is 0.0667. The van der Waals surface area contributed by atoms with Crippen LogP contribution in [0.2, 0.25) is 5.15 Å². The molecule has 1 N–H and O–H groups in total. The number of nitrogens with one attached hydrogen (secondary N) is 1. The average Bonchev–Trinajstić information content (AvgIpc) is 2.46. The Morgan fingerprint density at radius 2 is 1.89 bits per heavy atom. The predicted octanol–water partition coefficient (Wildman–Crippen LogP) is 2.91. The minimum Gasteiger partial charge on any atom is -0.356 e. The van der Waals surface area contributed by atoms with Gasteiger partial charge in [0.25, 0.3) is 0 Å². The average molecular weight is 273 g/mol. The van der Waals surface area contributed by atoms with Crippen molar-refractivity contribution in [3.8, 4) is 0 Å². The maximum atomic E-state index is 11.6. The molecular weight excluding hydrogens is 260 g/mol. The van der Waals surface area contributed by atoms with Crippen LogP contribution in [0, 0.1) is 0 Å². The van der Waals surface area contributed by atoms with Crippen molar-refractivity contribution in [2.24, 2.45) is 0 Å². The molecule has 0 radical (unpaired) electrons. The van der Waals surface area contributed by atoms with E-state index in [9.17, 15) is 4.79 Å². The molecule has 0 spiro atoms. The van der Waals surface area contributed by atoms with Gasteiger partial charge in [-0.2, -0.15) is 0 Å². The number of aromatic nitrogens is 1. The van der Waals surface area contributed by atoms with E-state index in [0.29, 0.717) is 5.15 Å². The van der Waals surface area contributed by atoms with E-state index >= 15 is 0 Å². The highest BCUT2D eigenvalue weighted by Gasteiger charge is 2.07. The standard InChI is InChI=1S/C15H13ClN2O/c1-17-15(19)9-13(11-5-3-2-4-6-11)12-7-8-14(16)18-10-12/h2-10H,1H3,(H,17,19). The zero-order valence-corrected chi connectivity index (χ0v) is 11.2. The van der Waals surface area contributed by atoms with Gasteiger partial charge in [0.2, 0.25) is 5.91 Å². The molecule has 0 saturated carbocycles. The van der Waals surface area contributed by atoms with Crippen molar-refractivity contribution in [2.75, 3.05) is 7.05 Å². The maximum absolute atomic E-state index is 11.6. The van der Waals surface area contributed by atoms with Crippen LogP contribution < -0.4 is 5.32 Å². The second-order valence-electron chi connectivity index (χ2n) is 3.91. The lowest BCUT2D eigenvalue weighted by molar-refractivity contribution is -0.116. The first-order chi connectivity index (χ1) is 9.20. The van der Waals surface area contributed by atoms with E-state index < -0.39 is 0 Å². The summed E-state index contributed by atoms with van der Waals surface area (Å²) in [5.74, 6) is -0.159. The maximum Gasteiger partial charge on any atom is 0.244 e. The summed E-state index contributed by atoms with van der Waals surface area (Å²) in [4.78, 5) is 15.7. The number of nitrogens with zero attached hydrogens (tertiary/aromatic N) is 1. The Hall–Kier alpha value is -2.13. The molecule has 0 fully saturated rings. The fourth-order valence-electron chi connectivity index (χ4n) is 1.69. The molecule has 96 valence electrons. The van der Waals surface area contributed by atoms with Crippen LogP contribution in [0.1, 0.15) is 11.1 Å². The number of pyridine rings is 1. The molecule has 1 aromatic heterocycles. The minimum absolute atomic E-state index is 0.159. The van der Waals surface area contributed by atoms with E-state index in [4.69, 9.17) is 11.6 Å². The zero-order chi connectivity index (χ0) is 13.7. The number of hydrogen-bond donors (Lipinski definition) is 1. The van der Waals surface area contributed by atoms with Gasteiger partial charge in [0.05, 0.1) is 0 Å². The molecule has 2 aromatic rings. The largest absolute Gasteiger partial charge is 0.356 e. The van der Waals surface area contributed by atoms with E-state index in [-0.39, 0.29) is 5.91 Å². The van der Waals surface area contributed by atoms with Crippen LogP contribution in [0.25, 0.3) is 5.57 Å². The number of carbonyl (C=O) groups excluding carboxylic acids is 1. The highest BCUT2D eigenvalue weighted by atomic mass is 35.5. The molecule has 0 aliphatic heterocycles. The third-order valence-electron chi connectivity index (χ3n) is 2.65. The van der Waals surface area contributed by atoms with Crippen LogP contribution in [0.4, 0.5) is 0 Å². The lowest BCUT2D eigenvalue weighted by atomic mass is 9.99. The highest BCUT2D eigenvalue weighted by Crippen LogP contribution is 2.23. The summed E-state index contributed by atoms with van der Waals surface area (Å²) in [5.41, 5.74) is 2.61. The Kier molecular flexibility index (Phi) is 4.31. The minimum atomic E-state index is -0.159. The number of likely N-dealkylation sites (N-methyl/N-ethyl adjacent to an activating group) is 1.